The molecule has 1 aromatic carbocycles. The summed E-state index contributed by atoms with van der Waals surface area (Å²) >= 11 is 1.72. The lowest BCUT2D eigenvalue weighted by atomic mass is 10.1. The van der Waals surface area contributed by atoms with E-state index in [0.717, 1.165) is 0 Å². The highest BCUT2D eigenvalue weighted by atomic mass is 35.5. The van der Waals surface area contributed by atoms with Crippen molar-refractivity contribution in [2.75, 3.05) is 13.6 Å². The molecule has 0 saturated heterocycles. The topological polar surface area (TPSA) is 46.3 Å². The Balaban J connectivity index is 0.00000162. The molecular weight excluding hydrogens is 268 g/mol. The van der Waals surface area contributed by atoms with E-state index >= 15 is 0 Å². The maximum absolute atomic E-state index is 11.7. The largest absolute Gasteiger partial charge is 0.341 e. The van der Waals surface area contributed by atoms with Crippen LogP contribution < -0.4 is 5.73 Å². The van der Waals surface area contributed by atoms with Gasteiger partial charge in [0.05, 0.1) is 0 Å². The van der Waals surface area contributed by atoms with Gasteiger partial charge in [-0.25, -0.2) is 0 Å². The average Bonchev–Trinajstić information content (AvgIpc) is 2.73. The number of rotatable bonds is 4. The molecule has 0 atom stereocenters. The summed E-state index contributed by atoms with van der Waals surface area (Å²) in [6.45, 7) is 1.07. The molecule has 98 valence electrons. The quantitative estimate of drug-likeness (QED) is 0.938. The summed E-state index contributed by atoms with van der Waals surface area (Å²) < 4.78 is 1.27. The summed E-state index contributed by atoms with van der Waals surface area (Å²) in [6, 6.07) is 8.26. The smallest absolute Gasteiger partial charge is 0.223 e. The van der Waals surface area contributed by atoms with E-state index in [1.807, 2.05) is 19.2 Å². The van der Waals surface area contributed by atoms with Crippen molar-refractivity contribution in [3.63, 3.8) is 0 Å². The van der Waals surface area contributed by atoms with Crippen LogP contribution in [0.25, 0.3) is 10.1 Å². The number of carbonyl (C=O) groups is 1. The molecule has 0 spiro atoms. The number of nitrogens with two attached hydrogens (primary N) is 1. The number of hydrogen-bond donors (Lipinski definition) is 1. The van der Waals surface area contributed by atoms with Crippen molar-refractivity contribution in [2.24, 2.45) is 5.73 Å². The molecule has 0 aliphatic rings. The molecule has 1 heterocycles. The van der Waals surface area contributed by atoms with Crippen LogP contribution in [-0.4, -0.2) is 24.4 Å². The number of nitrogens with zero attached hydrogens (tertiary/aromatic N) is 1. The summed E-state index contributed by atoms with van der Waals surface area (Å²) in [5, 5.41) is 3.36. The third kappa shape index (κ3) is 3.22. The van der Waals surface area contributed by atoms with Crippen molar-refractivity contribution in [2.45, 2.75) is 13.0 Å². The molecule has 18 heavy (non-hydrogen) atoms. The van der Waals surface area contributed by atoms with E-state index in [9.17, 15) is 4.79 Å². The van der Waals surface area contributed by atoms with Crippen LogP contribution in [0.4, 0.5) is 0 Å². The van der Waals surface area contributed by atoms with Gasteiger partial charge in [-0.05, 0) is 22.4 Å². The number of fused-ring (bicyclic) bond motifs is 1. The third-order valence-corrected chi connectivity index (χ3v) is 3.76. The molecule has 0 aliphatic heterocycles. The molecule has 0 fully saturated rings. The fourth-order valence-electron chi connectivity index (χ4n) is 1.81. The van der Waals surface area contributed by atoms with Crippen LogP contribution in [0.15, 0.2) is 29.6 Å². The lowest BCUT2D eigenvalue weighted by Gasteiger charge is -2.16. The minimum Gasteiger partial charge on any atom is -0.341 e. The summed E-state index contributed by atoms with van der Waals surface area (Å²) in [5.41, 5.74) is 6.59. The fraction of sp³-hybridized carbons (Fsp3) is 0.308. The van der Waals surface area contributed by atoms with Gasteiger partial charge in [0.2, 0.25) is 5.91 Å². The van der Waals surface area contributed by atoms with Crippen molar-refractivity contribution in [1.29, 1.82) is 0 Å². The molecule has 2 aromatic rings. The van der Waals surface area contributed by atoms with Gasteiger partial charge in [0.25, 0.3) is 0 Å². The zero-order valence-corrected chi connectivity index (χ0v) is 11.9. The van der Waals surface area contributed by atoms with Crippen molar-refractivity contribution in [1.82, 2.24) is 4.90 Å². The van der Waals surface area contributed by atoms with Crippen molar-refractivity contribution in [3.8, 4) is 0 Å². The van der Waals surface area contributed by atoms with E-state index in [4.69, 9.17) is 5.73 Å². The molecule has 1 aromatic heterocycles. The van der Waals surface area contributed by atoms with Crippen LogP contribution >= 0.6 is 23.7 Å². The zero-order valence-electron chi connectivity index (χ0n) is 10.3. The second-order valence-corrected chi connectivity index (χ2v) is 4.96. The Kier molecular flexibility index (Phi) is 5.59. The first-order valence-corrected chi connectivity index (χ1v) is 6.49. The third-order valence-electron chi connectivity index (χ3n) is 2.75. The van der Waals surface area contributed by atoms with Gasteiger partial charge in [0.1, 0.15) is 0 Å². The first-order chi connectivity index (χ1) is 8.22. The van der Waals surface area contributed by atoms with E-state index < -0.39 is 0 Å². The molecular formula is C13H17ClN2OS. The Morgan fingerprint density at radius 2 is 2.11 bits per heavy atom. The summed E-state index contributed by atoms with van der Waals surface area (Å²) in [4.78, 5) is 13.4. The lowest BCUT2D eigenvalue weighted by molar-refractivity contribution is -0.130. The van der Waals surface area contributed by atoms with E-state index in [0.29, 0.717) is 19.5 Å². The maximum Gasteiger partial charge on any atom is 0.223 e. The molecule has 3 nitrogen and oxygen atoms in total. The minimum atomic E-state index is 0. The number of hydrogen-bond acceptors (Lipinski definition) is 3. The Bertz CT molecular complexity index is 526. The van der Waals surface area contributed by atoms with Gasteiger partial charge in [0, 0.05) is 31.3 Å². The normalized spacial score (nSPS) is 10.1. The number of benzene rings is 1. The second kappa shape index (κ2) is 6.73. The fourth-order valence-corrected chi connectivity index (χ4v) is 2.77. The molecule has 1 amide bonds. The van der Waals surface area contributed by atoms with Gasteiger partial charge < -0.3 is 10.6 Å². The average molecular weight is 285 g/mol. The minimum absolute atomic E-state index is 0. The second-order valence-electron chi connectivity index (χ2n) is 4.05. The van der Waals surface area contributed by atoms with Crippen molar-refractivity contribution < 1.29 is 4.79 Å². The zero-order chi connectivity index (χ0) is 12.3. The van der Waals surface area contributed by atoms with Gasteiger partial charge in [-0.3, -0.25) is 4.79 Å². The molecule has 0 saturated carbocycles. The predicted octanol–water partition coefficient (Wildman–Crippen LogP) is 2.63. The first-order valence-electron chi connectivity index (χ1n) is 5.61. The van der Waals surface area contributed by atoms with E-state index in [1.165, 1.54) is 15.6 Å². The number of thiophene rings is 1. The summed E-state index contributed by atoms with van der Waals surface area (Å²) in [7, 11) is 1.82. The molecule has 2 N–H and O–H groups in total. The standard InChI is InChI=1S/C13H16N2OS.ClH/c1-15(13(16)6-7-14)8-10-9-17-12-5-3-2-4-11(10)12;/h2-5,9H,6-8,14H2,1H3;1H. The van der Waals surface area contributed by atoms with Gasteiger partial charge in [-0.15, -0.1) is 23.7 Å². The number of amides is 1. The molecule has 0 unspecified atom stereocenters. The first kappa shape index (κ1) is 15.0. The Morgan fingerprint density at radius 1 is 1.39 bits per heavy atom. The highest BCUT2D eigenvalue weighted by molar-refractivity contribution is 7.17. The van der Waals surface area contributed by atoms with E-state index in [1.54, 1.807) is 16.2 Å². The van der Waals surface area contributed by atoms with Crippen LogP contribution in [0.1, 0.15) is 12.0 Å². The van der Waals surface area contributed by atoms with Crippen LogP contribution in [0.5, 0.6) is 0 Å². The Morgan fingerprint density at radius 3 is 2.83 bits per heavy atom. The van der Waals surface area contributed by atoms with Gasteiger partial charge in [-0.2, -0.15) is 0 Å². The molecule has 2 rings (SSSR count). The van der Waals surface area contributed by atoms with Crippen LogP contribution in [0.2, 0.25) is 0 Å². The molecule has 0 aliphatic carbocycles. The molecule has 0 radical (unpaired) electrons. The predicted molar refractivity (Wildman–Crippen MR) is 79.2 cm³/mol. The van der Waals surface area contributed by atoms with Crippen molar-refractivity contribution in [3.05, 3.63) is 35.2 Å². The SMILES string of the molecule is CN(Cc1csc2ccccc12)C(=O)CCN.Cl. The highest BCUT2D eigenvalue weighted by Gasteiger charge is 2.10. The van der Waals surface area contributed by atoms with Crippen LogP contribution in [0, 0.1) is 0 Å². The van der Waals surface area contributed by atoms with Crippen molar-refractivity contribution >= 4 is 39.7 Å². The van der Waals surface area contributed by atoms with E-state index in [2.05, 4.69) is 17.5 Å². The monoisotopic (exact) mass is 284 g/mol. The lowest BCUT2D eigenvalue weighted by Crippen LogP contribution is -2.27. The molecule has 5 heteroatoms. The van der Waals surface area contributed by atoms with Gasteiger partial charge >= 0.3 is 0 Å². The summed E-state index contributed by atoms with van der Waals surface area (Å²) in [5.74, 6) is 0.0998. The maximum atomic E-state index is 11.7. The number of halogens is 1. The summed E-state index contributed by atoms with van der Waals surface area (Å²) in [6.07, 6.45) is 0.415. The highest BCUT2D eigenvalue weighted by Crippen LogP contribution is 2.26. The van der Waals surface area contributed by atoms with E-state index in [-0.39, 0.29) is 18.3 Å². The number of carbonyl (C=O) groups excluding carboxylic acids is 1. The van der Waals surface area contributed by atoms with Gasteiger partial charge in [0.15, 0.2) is 0 Å². The van der Waals surface area contributed by atoms with Gasteiger partial charge in [-0.1, -0.05) is 18.2 Å². The Hall–Kier alpha value is -1.10. The molecule has 0 bridgehead atoms. The Labute approximate surface area is 117 Å². The van der Waals surface area contributed by atoms with Crippen LogP contribution in [0.3, 0.4) is 0 Å². The van der Waals surface area contributed by atoms with Crippen LogP contribution in [-0.2, 0) is 11.3 Å².